The molecule has 0 spiro atoms. The molecule has 0 bridgehead atoms. The van der Waals surface area contributed by atoms with E-state index in [0.717, 1.165) is 0 Å². The van der Waals surface area contributed by atoms with Crippen molar-refractivity contribution in [3.05, 3.63) is 84.4 Å². The van der Waals surface area contributed by atoms with Crippen LogP contribution in [-0.4, -0.2) is 26.2 Å². The van der Waals surface area contributed by atoms with Gasteiger partial charge in [-0.3, -0.25) is 4.79 Å². The summed E-state index contributed by atoms with van der Waals surface area (Å²) in [5.74, 6) is 7.93. The van der Waals surface area contributed by atoms with Gasteiger partial charge in [-0.05, 0) is 36.4 Å². The van der Waals surface area contributed by atoms with Gasteiger partial charge < -0.3 is 19.5 Å². The van der Waals surface area contributed by atoms with Crippen LogP contribution in [0, 0.1) is 11.8 Å². The largest absolute Gasteiger partial charge is 0.493 e. The van der Waals surface area contributed by atoms with Gasteiger partial charge in [0.15, 0.2) is 11.5 Å². The van der Waals surface area contributed by atoms with Crippen LogP contribution in [0.2, 0.25) is 0 Å². The third kappa shape index (κ3) is 5.78. The minimum absolute atomic E-state index is 0.198. The standard InChI is InChI=1S/C24H21NO4/c1-27-22-15-7-8-16-23(22)28-18-10-9-17-25-24(26)20-13-5-6-14-21(20)29-19-11-3-2-4-12-19/h2-8,11-16H,17-18H2,1H3,(H,25,26). The van der Waals surface area contributed by atoms with Crippen molar-refractivity contribution in [3.8, 4) is 34.8 Å². The molecule has 0 heterocycles. The van der Waals surface area contributed by atoms with Crippen LogP contribution in [0.5, 0.6) is 23.0 Å². The fraction of sp³-hybridized carbons (Fsp3) is 0.125. The van der Waals surface area contributed by atoms with Crippen molar-refractivity contribution in [2.45, 2.75) is 0 Å². The summed E-state index contributed by atoms with van der Waals surface area (Å²) in [7, 11) is 1.59. The predicted molar refractivity (Wildman–Crippen MR) is 112 cm³/mol. The second-order valence-corrected chi connectivity index (χ2v) is 5.89. The lowest BCUT2D eigenvalue weighted by Gasteiger charge is -2.10. The molecule has 0 aliphatic carbocycles. The van der Waals surface area contributed by atoms with Gasteiger partial charge in [0.25, 0.3) is 5.91 Å². The third-order valence-corrected chi connectivity index (χ3v) is 3.93. The summed E-state index contributed by atoms with van der Waals surface area (Å²) in [5.41, 5.74) is 0.448. The van der Waals surface area contributed by atoms with Crippen LogP contribution < -0.4 is 19.5 Å². The molecule has 0 saturated heterocycles. The quantitative estimate of drug-likeness (QED) is 0.614. The monoisotopic (exact) mass is 387 g/mol. The molecule has 5 heteroatoms. The lowest BCUT2D eigenvalue weighted by Crippen LogP contribution is -2.24. The van der Waals surface area contributed by atoms with Gasteiger partial charge in [-0.15, -0.1) is 0 Å². The van der Waals surface area contributed by atoms with Gasteiger partial charge in [0, 0.05) is 0 Å². The van der Waals surface area contributed by atoms with E-state index >= 15 is 0 Å². The van der Waals surface area contributed by atoms with Crippen LogP contribution in [-0.2, 0) is 0 Å². The number of nitrogens with one attached hydrogen (secondary N) is 1. The van der Waals surface area contributed by atoms with E-state index in [0.29, 0.717) is 28.6 Å². The number of benzene rings is 3. The molecule has 1 N–H and O–H groups in total. The van der Waals surface area contributed by atoms with Gasteiger partial charge in [-0.2, -0.15) is 0 Å². The number of rotatable bonds is 7. The minimum atomic E-state index is -0.253. The Morgan fingerprint density at radius 1 is 0.828 bits per heavy atom. The molecule has 0 saturated carbocycles. The molecular formula is C24H21NO4. The first-order valence-electron chi connectivity index (χ1n) is 9.09. The Balaban J connectivity index is 1.52. The van der Waals surface area contributed by atoms with Crippen LogP contribution in [0.4, 0.5) is 0 Å². The highest BCUT2D eigenvalue weighted by atomic mass is 16.5. The molecule has 29 heavy (non-hydrogen) atoms. The smallest absolute Gasteiger partial charge is 0.255 e. The molecule has 0 atom stereocenters. The number of carbonyl (C=O) groups excluding carboxylic acids is 1. The van der Waals surface area contributed by atoms with Crippen LogP contribution in [0.1, 0.15) is 10.4 Å². The summed E-state index contributed by atoms with van der Waals surface area (Å²) < 4.78 is 16.6. The van der Waals surface area contributed by atoms with Gasteiger partial charge in [-0.1, -0.05) is 54.3 Å². The van der Waals surface area contributed by atoms with E-state index in [9.17, 15) is 4.79 Å². The van der Waals surface area contributed by atoms with Crippen molar-refractivity contribution in [2.24, 2.45) is 0 Å². The number of para-hydroxylation sites is 4. The Hall–Kier alpha value is -3.91. The first-order valence-corrected chi connectivity index (χ1v) is 9.09. The molecule has 3 aromatic carbocycles. The molecule has 0 fully saturated rings. The van der Waals surface area contributed by atoms with Gasteiger partial charge in [-0.25, -0.2) is 0 Å². The Morgan fingerprint density at radius 2 is 1.48 bits per heavy atom. The summed E-state index contributed by atoms with van der Waals surface area (Å²) in [6.45, 7) is 0.401. The highest BCUT2D eigenvalue weighted by Gasteiger charge is 2.11. The van der Waals surface area contributed by atoms with Gasteiger partial charge in [0.1, 0.15) is 18.1 Å². The van der Waals surface area contributed by atoms with Crippen molar-refractivity contribution in [1.82, 2.24) is 5.32 Å². The molecule has 3 rings (SSSR count). The lowest BCUT2D eigenvalue weighted by molar-refractivity contribution is 0.0956. The average Bonchev–Trinajstić information content (AvgIpc) is 2.77. The second kappa shape index (κ2) is 10.4. The summed E-state index contributed by atoms with van der Waals surface area (Å²) in [6.07, 6.45) is 0. The van der Waals surface area contributed by atoms with Crippen molar-refractivity contribution >= 4 is 5.91 Å². The van der Waals surface area contributed by atoms with Crippen LogP contribution in [0.25, 0.3) is 0 Å². The van der Waals surface area contributed by atoms with Crippen molar-refractivity contribution in [1.29, 1.82) is 0 Å². The number of hydrogen-bond acceptors (Lipinski definition) is 4. The molecule has 5 nitrogen and oxygen atoms in total. The molecule has 3 aromatic rings. The summed E-state index contributed by atoms with van der Waals surface area (Å²) in [5, 5.41) is 2.77. The number of amides is 1. The molecule has 146 valence electrons. The molecule has 1 amide bonds. The zero-order valence-corrected chi connectivity index (χ0v) is 16.1. The first-order chi connectivity index (χ1) is 14.3. The summed E-state index contributed by atoms with van der Waals surface area (Å²) in [4.78, 5) is 12.5. The Bertz CT molecular complexity index is 1010. The van der Waals surface area contributed by atoms with Crippen LogP contribution >= 0.6 is 0 Å². The lowest BCUT2D eigenvalue weighted by atomic mass is 10.2. The summed E-state index contributed by atoms with van der Waals surface area (Å²) in [6, 6.07) is 23.8. The van der Waals surface area contributed by atoms with Gasteiger partial charge in [0.05, 0.1) is 19.2 Å². The number of carbonyl (C=O) groups is 1. The molecule has 0 aromatic heterocycles. The Kier molecular flexibility index (Phi) is 7.14. The molecule has 0 radical (unpaired) electrons. The van der Waals surface area contributed by atoms with E-state index in [1.54, 1.807) is 25.3 Å². The van der Waals surface area contributed by atoms with Crippen LogP contribution in [0.15, 0.2) is 78.9 Å². The summed E-state index contributed by atoms with van der Waals surface area (Å²) >= 11 is 0. The second-order valence-electron chi connectivity index (χ2n) is 5.89. The molecular weight excluding hydrogens is 366 g/mol. The van der Waals surface area contributed by atoms with Crippen molar-refractivity contribution in [3.63, 3.8) is 0 Å². The maximum absolute atomic E-state index is 12.5. The SMILES string of the molecule is COc1ccccc1OCC#CCNC(=O)c1ccccc1Oc1ccccc1. The topological polar surface area (TPSA) is 56.8 Å². The van der Waals surface area contributed by atoms with E-state index < -0.39 is 0 Å². The predicted octanol–water partition coefficient (Wildman–Crippen LogP) is 4.30. The zero-order chi connectivity index (χ0) is 20.3. The first kappa shape index (κ1) is 19.8. The van der Waals surface area contributed by atoms with E-state index in [2.05, 4.69) is 17.2 Å². The highest BCUT2D eigenvalue weighted by molar-refractivity contribution is 5.97. The molecule has 0 unspecified atom stereocenters. The van der Waals surface area contributed by atoms with Crippen molar-refractivity contribution in [2.75, 3.05) is 20.3 Å². The van der Waals surface area contributed by atoms with Crippen molar-refractivity contribution < 1.29 is 19.0 Å². The normalized spacial score (nSPS) is 9.69. The fourth-order valence-electron chi connectivity index (χ4n) is 2.54. The zero-order valence-electron chi connectivity index (χ0n) is 16.1. The number of methoxy groups -OCH3 is 1. The fourth-order valence-corrected chi connectivity index (χ4v) is 2.54. The van der Waals surface area contributed by atoms with E-state index in [-0.39, 0.29) is 19.1 Å². The highest BCUT2D eigenvalue weighted by Crippen LogP contribution is 2.26. The van der Waals surface area contributed by atoms with E-state index in [4.69, 9.17) is 14.2 Å². The molecule has 0 aliphatic heterocycles. The number of hydrogen-bond donors (Lipinski definition) is 1. The maximum Gasteiger partial charge on any atom is 0.255 e. The van der Waals surface area contributed by atoms with E-state index in [1.807, 2.05) is 60.7 Å². The number of ether oxygens (including phenoxy) is 3. The Labute approximate surface area is 170 Å². The molecule has 0 aliphatic rings. The Morgan fingerprint density at radius 3 is 2.24 bits per heavy atom. The van der Waals surface area contributed by atoms with Crippen LogP contribution in [0.3, 0.4) is 0 Å². The average molecular weight is 387 g/mol. The van der Waals surface area contributed by atoms with Gasteiger partial charge in [0.2, 0.25) is 0 Å². The maximum atomic E-state index is 12.5. The van der Waals surface area contributed by atoms with Gasteiger partial charge >= 0.3 is 0 Å². The van der Waals surface area contributed by atoms with E-state index in [1.165, 1.54) is 0 Å². The third-order valence-electron chi connectivity index (χ3n) is 3.93. The minimum Gasteiger partial charge on any atom is -0.493 e.